The summed E-state index contributed by atoms with van der Waals surface area (Å²) in [5.74, 6) is -0.911. The van der Waals surface area contributed by atoms with Gasteiger partial charge in [0.2, 0.25) is 0 Å². The van der Waals surface area contributed by atoms with Crippen LogP contribution < -0.4 is 10.7 Å². The Morgan fingerprint density at radius 2 is 1.90 bits per heavy atom. The largest absolute Gasteiger partial charge is 0.506 e. The molecule has 152 valence electrons. The Morgan fingerprint density at radius 1 is 1.17 bits per heavy atom. The molecule has 0 spiro atoms. The maximum Gasteiger partial charge on any atom is 0.276 e. The van der Waals surface area contributed by atoms with Gasteiger partial charge in [0.05, 0.1) is 10.0 Å². The summed E-state index contributed by atoms with van der Waals surface area (Å²) in [6.45, 7) is 0. The quantitative estimate of drug-likeness (QED) is 0.356. The number of aromatic hydroxyl groups is 1. The van der Waals surface area contributed by atoms with Crippen molar-refractivity contribution in [3.05, 3.63) is 84.1 Å². The van der Waals surface area contributed by atoms with Gasteiger partial charge < -0.3 is 10.4 Å². The molecule has 1 atom stereocenters. The van der Waals surface area contributed by atoms with Gasteiger partial charge in [-0.15, -0.1) is 0 Å². The van der Waals surface area contributed by atoms with Crippen LogP contribution in [-0.2, 0) is 0 Å². The number of halogens is 3. The lowest BCUT2D eigenvalue weighted by atomic mass is 10.0. The molecule has 10 heteroatoms. The zero-order valence-electron chi connectivity index (χ0n) is 15.1. The predicted octanol–water partition coefficient (Wildman–Crippen LogP) is 4.83. The summed E-state index contributed by atoms with van der Waals surface area (Å²) in [6, 6.07) is 11.9. The van der Waals surface area contributed by atoms with Crippen molar-refractivity contribution in [2.45, 2.75) is 6.17 Å². The first kappa shape index (κ1) is 21.1. The second kappa shape index (κ2) is 8.52. The van der Waals surface area contributed by atoms with E-state index in [1.54, 1.807) is 36.4 Å². The number of phenols is 1. The minimum atomic E-state index is -0.843. The standard InChI is InChI=1S/C20H13Br2IN4O3/c21-11-7-14(17(28)15(22)8-11)18-25-16-2-1-12(23)9-13(16)20(30)27(18)26-19(29)10-3-5-24-6-4-10/h1-9,18,25,28H,(H,26,29). The minimum absolute atomic E-state index is 0.0411. The van der Waals surface area contributed by atoms with Crippen LogP contribution in [0.3, 0.4) is 0 Å². The highest BCUT2D eigenvalue weighted by Crippen LogP contribution is 2.40. The van der Waals surface area contributed by atoms with Crippen molar-refractivity contribution < 1.29 is 14.7 Å². The van der Waals surface area contributed by atoms with Crippen LogP contribution in [0.2, 0.25) is 0 Å². The van der Waals surface area contributed by atoms with E-state index in [1.165, 1.54) is 17.4 Å². The molecular formula is C20H13Br2IN4O3. The molecule has 7 nitrogen and oxygen atoms in total. The van der Waals surface area contributed by atoms with Crippen LogP contribution in [0.1, 0.15) is 32.4 Å². The Morgan fingerprint density at radius 3 is 2.63 bits per heavy atom. The zero-order valence-corrected chi connectivity index (χ0v) is 20.4. The van der Waals surface area contributed by atoms with E-state index < -0.39 is 18.0 Å². The minimum Gasteiger partial charge on any atom is -0.506 e. The number of benzene rings is 2. The molecule has 3 aromatic rings. The summed E-state index contributed by atoms with van der Waals surface area (Å²) in [4.78, 5) is 30.0. The van der Waals surface area contributed by atoms with Crippen LogP contribution in [0.4, 0.5) is 5.69 Å². The number of hydrazine groups is 1. The van der Waals surface area contributed by atoms with Crippen LogP contribution in [-0.4, -0.2) is 26.9 Å². The average molecular weight is 644 g/mol. The van der Waals surface area contributed by atoms with Crippen LogP contribution in [0.25, 0.3) is 0 Å². The summed E-state index contributed by atoms with van der Waals surface area (Å²) in [7, 11) is 0. The topological polar surface area (TPSA) is 94.6 Å². The number of pyridine rings is 1. The van der Waals surface area contributed by atoms with Crippen molar-refractivity contribution in [3.8, 4) is 5.75 Å². The molecule has 1 aliphatic rings. The van der Waals surface area contributed by atoms with Crippen molar-refractivity contribution in [1.82, 2.24) is 15.4 Å². The molecule has 2 heterocycles. The van der Waals surface area contributed by atoms with Gasteiger partial charge in [-0.3, -0.25) is 20.0 Å². The Kier molecular flexibility index (Phi) is 5.98. The fourth-order valence-electron chi connectivity index (χ4n) is 3.08. The van der Waals surface area contributed by atoms with E-state index in [4.69, 9.17) is 0 Å². The Hall–Kier alpha value is -2.18. The van der Waals surface area contributed by atoms with Gasteiger partial charge in [-0.05, 0) is 81.0 Å². The van der Waals surface area contributed by atoms with E-state index in [0.29, 0.717) is 31.3 Å². The number of aromatic nitrogens is 1. The lowest BCUT2D eigenvalue weighted by Gasteiger charge is -2.38. The number of nitrogens with one attached hydrogen (secondary N) is 2. The molecule has 2 amide bonds. The highest BCUT2D eigenvalue weighted by Gasteiger charge is 2.36. The number of nitrogens with zero attached hydrogens (tertiary/aromatic N) is 2. The molecule has 1 aromatic heterocycles. The van der Waals surface area contributed by atoms with Gasteiger partial charge in [-0.2, -0.15) is 0 Å². The monoisotopic (exact) mass is 642 g/mol. The number of fused-ring (bicyclic) bond motifs is 1. The number of anilines is 1. The van der Waals surface area contributed by atoms with Crippen LogP contribution in [0, 0.1) is 3.57 Å². The van der Waals surface area contributed by atoms with Gasteiger partial charge in [0.1, 0.15) is 5.75 Å². The van der Waals surface area contributed by atoms with E-state index in [9.17, 15) is 14.7 Å². The van der Waals surface area contributed by atoms with Gasteiger partial charge in [0, 0.05) is 37.3 Å². The highest BCUT2D eigenvalue weighted by atomic mass is 127. The first-order valence-corrected chi connectivity index (χ1v) is 11.3. The third-order valence-electron chi connectivity index (χ3n) is 4.50. The fourth-order valence-corrected chi connectivity index (χ4v) is 4.83. The maximum absolute atomic E-state index is 13.4. The van der Waals surface area contributed by atoms with Gasteiger partial charge in [0.25, 0.3) is 11.8 Å². The number of carbonyl (C=O) groups excluding carboxylic acids is 2. The molecule has 30 heavy (non-hydrogen) atoms. The molecule has 1 unspecified atom stereocenters. The second-order valence-corrected chi connectivity index (χ2v) is 9.43. The smallest absolute Gasteiger partial charge is 0.276 e. The number of rotatable bonds is 3. The summed E-state index contributed by atoms with van der Waals surface area (Å²) >= 11 is 8.85. The number of phenolic OH excluding ortho intramolecular Hbond substituents is 1. The number of amides is 2. The SMILES string of the molecule is O=C(NN1C(=O)c2cc(I)ccc2NC1c1cc(Br)cc(Br)c1O)c1ccncc1. The van der Waals surface area contributed by atoms with Crippen molar-refractivity contribution in [1.29, 1.82) is 0 Å². The van der Waals surface area contributed by atoms with Gasteiger partial charge in [0.15, 0.2) is 6.17 Å². The van der Waals surface area contributed by atoms with Gasteiger partial charge in [-0.1, -0.05) is 15.9 Å². The summed E-state index contributed by atoms with van der Waals surface area (Å²) in [6.07, 6.45) is 2.15. The van der Waals surface area contributed by atoms with E-state index in [0.717, 1.165) is 3.57 Å². The first-order valence-electron chi connectivity index (χ1n) is 8.63. The summed E-state index contributed by atoms with van der Waals surface area (Å²) in [5.41, 5.74) is 4.45. The molecule has 3 N–H and O–H groups in total. The third-order valence-corrected chi connectivity index (χ3v) is 6.23. The van der Waals surface area contributed by atoms with Crippen LogP contribution in [0.15, 0.2) is 63.8 Å². The molecule has 0 fully saturated rings. The van der Waals surface area contributed by atoms with Crippen molar-refractivity contribution in [3.63, 3.8) is 0 Å². The van der Waals surface area contributed by atoms with E-state index in [2.05, 4.69) is 70.2 Å². The fraction of sp³-hybridized carbons (Fsp3) is 0.0500. The van der Waals surface area contributed by atoms with E-state index >= 15 is 0 Å². The summed E-state index contributed by atoms with van der Waals surface area (Å²) in [5, 5.41) is 15.1. The molecule has 0 aliphatic carbocycles. The molecule has 0 bridgehead atoms. The van der Waals surface area contributed by atoms with E-state index in [1.807, 2.05) is 6.07 Å². The van der Waals surface area contributed by atoms with Gasteiger partial charge in [-0.25, -0.2) is 5.01 Å². The van der Waals surface area contributed by atoms with Crippen molar-refractivity contribution in [2.24, 2.45) is 0 Å². The maximum atomic E-state index is 13.4. The predicted molar refractivity (Wildman–Crippen MR) is 127 cm³/mol. The lowest BCUT2D eigenvalue weighted by molar-refractivity contribution is 0.0488. The Labute approximate surface area is 202 Å². The Bertz CT molecular complexity index is 1160. The number of carbonyl (C=O) groups is 2. The molecule has 0 saturated heterocycles. The van der Waals surface area contributed by atoms with Crippen LogP contribution in [0.5, 0.6) is 5.75 Å². The second-order valence-electron chi connectivity index (χ2n) is 6.41. The highest BCUT2D eigenvalue weighted by molar-refractivity contribution is 14.1. The zero-order chi connectivity index (χ0) is 21.4. The molecule has 4 rings (SSSR count). The average Bonchev–Trinajstić information content (AvgIpc) is 2.73. The van der Waals surface area contributed by atoms with Crippen LogP contribution >= 0.6 is 54.5 Å². The third kappa shape index (κ3) is 4.03. The lowest BCUT2D eigenvalue weighted by Crippen LogP contribution is -2.53. The van der Waals surface area contributed by atoms with Crippen molar-refractivity contribution >= 4 is 72.0 Å². The molecule has 0 radical (unpaired) electrons. The number of hydrogen-bond donors (Lipinski definition) is 3. The summed E-state index contributed by atoms with van der Waals surface area (Å²) < 4.78 is 2.04. The molecule has 0 saturated carbocycles. The first-order chi connectivity index (χ1) is 14.3. The molecular weight excluding hydrogens is 631 g/mol. The molecule has 1 aliphatic heterocycles. The normalized spacial score (nSPS) is 15.4. The van der Waals surface area contributed by atoms with Crippen molar-refractivity contribution in [2.75, 3.05) is 5.32 Å². The van der Waals surface area contributed by atoms with E-state index in [-0.39, 0.29) is 5.75 Å². The Balaban J connectivity index is 1.80. The molecule has 2 aromatic carbocycles. The van der Waals surface area contributed by atoms with Gasteiger partial charge >= 0.3 is 0 Å². The number of hydrogen-bond acceptors (Lipinski definition) is 5.